The van der Waals surface area contributed by atoms with E-state index in [0.717, 1.165) is 17.5 Å². The summed E-state index contributed by atoms with van der Waals surface area (Å²) in [4.78, 5) is 0. The number of hydrogen-bond acceptors (Lipinski definition) is 1. The molecular weight excluding hydrogens is 276 g/mol. The summed E-state index contributed by atoms with van der Waals surface area (Å²) in [5.41, 5.74) is 2.56. The number of halogens is 1. The highest BCUT2D eigenvalue weighted by Crippen LogP contribution is 2.13. The molecule has 1 nitrogen and oxygen atoms in total. The molecule has 0 aromatic heterocycles. The van der Waals surface area contributed by atoms with Gasteiger partial charge in [-0.05, 0) is 29.7 Å². The highest BCUT2D eigenvalue weighted by atomic mass is 79.9. The van der Waals surface area contributed by atoms with Gasteiger partial charge in [0.05, 0.1) is 0 Å². The number of benzene rings is 2. The Balaban J connectivity index is 1.97. The van der Waals surface area contributed by atoms with Crippen LogP contribution in [0.25, 0.3) is 0 Å². The van der Waals surface area contributed by atoms with Crippen LogP contribution < -0.4 is 4.74 Å². The van der Waals surface area contributed by atoms with E-state index in [4.69, 9.17) is 4.74 Å². The topological polar surface area (TPSA) is 9.23 Å². The van der Waals surface area contributed by atoms with Gasteiger partial charge in [-0.1, -0.05) is 58.4 Å². The second-order valence-corrected chi connectivity index (χ2v) is 4.65. The van der Waals surface area contributed by atoms with Crippen molar-refractivity contribution >= 4 is 15.9 Å². The summed E-state index contributed by atoms with van der Waals surface area (Å²) in [6.07, 6.45) is 1.05. The third-order valence-corrected chi connectivity index (χ3v) is 2.92. The zero-order chi connectivity index (χ0) is 11.9. The van der Waals surface area contributed by atoms with E-state index in [1.807, 2.05) is 30.3 Å². The molecule has 0 heterocycles. The average molecular weight is 291 g/mol. The second-order valence-electron chi connectivity index (χ2n) is 3.86. The lowest BCUT2D eigenvalue weighted by molar-refractivity contribution is 0.306. The van der Waals surface area contributed by atoms with Crippen molar-refractivity contribution in [3.63, 3.8) is 0 Å². The molecule has 2 rings (SSSR count). The number of hydrogen-bond donors (Lipinski definition) is 0. The lowest BCUT2D eigenvalue weighted by Crippen LogP contribution is -1.96. The molecule has 0 bridgehead atoms. The van der Waals surface area contributed by atoms with Crippen molar-refractivity contribution in [1.29, 1.82) is 0 Å². The monoisotopic (exact) mass is 290 g/mol. The maximum Gasteiger partial charge on any atom is 0.119 e. The van der Waals surface area contributed by atoms with Gasteiger partial charge >= 0.3 is 0 Å². The van der Waals surface area contributed by atoms with Crippen LogP contribution in [0.5, 0.6) is 5.75 Å². The number of ether oxygens (including phenoxy) is 1. The summed E-state index contributed by atoms with van der Waals surface area (Å²) in [7, 11) is 0. The zero-order valence-corrected chi connectivity index (χ0v) is 11.2. The molecule has 0 amide bonds. The van der Waals surface area contributed by atoms with Crippen LogP contribution in [0.4, 0.5) is 0 Å². The lowest BCUT2D eigenvalue weighted by atomic mass is 10.1. The smallest absolute Gasteiger partial charge is 0.119 e. The van der Waals surface area contributed by atoms with Crippen molar-refractivity contribution in [3.05, 3.63) is 65.7 Å². The van der Waals surface area contributed by atoms with E-state index >= 15 is 0 Å². The van der Waals surface area contributed by atoms with Crippen LogP contribution in [0.2, 0.25) is 0 Å². The Morgan fingerprint density at radius 3 is 2.41 bits per heavy atom. The molecule has 2 aromatic rings. The van der Waals surface area contributed by atoms with Crippen molar-refractivity contribution in [2.75, 3.05) is 5.33 Å². The van der Waals surface area contributed by atoms with E-state index in [2.05, 4.69) is 40.2 Å². The molecule has 0 spiro atoms. The van der Waals surface area contributed by atoms with Gasteiger partial charge in [0.25, 0.3) is 0 Å². The van der Waals surface area contributed by atoms with Gasteiger partial charge < -0.3 is 4.74 Å². The van der Waals surface area contributed by atoms with Crippen molar-refractivity contribution in [1.82, 2.24) is 0 Å². The molecule has 0 saturated carbocycles. The van der Waals surface area contributed by atoms with Crippen LogP contribution in [-0.2, 0) is 13.0 Å². The Hall–Kier alpha value is -1.28. The van der Waals surface area contributed by atoms with Crippen molar-refractivity contribution < 1.29 is 4.74 Å². The minimum atomic E-state index is 0.625. The molecule has 0 N–H and O–H groups in total. The molecule has 0 unspecified atom stereocenters. The van der Waals surface area contributed by atoms with Gasteiger partial charge in [-0.3, -0.25) is 0 Å². The lowest BCUT2D eigenvalue weighted by Gasteiger charge is -2.07. The first-order valence-electron chi connectivity index (χ1n) is 5.70. The van der Waals surface area contributed by atoms with Crippen LogP contribution in [0.1, 0.15) is 11.1 Å². The molecule has 2 aromatic carbocycles. The maximum absolute atomic E-state index is 5.71. The molecule has 0 fully saturated rings. The predicted octanol–water partition coefficient (Wildman–Crippen LogP) is 4.20. The molecule has 0 atom stereocenters. The summed E-state index contributed by atoms with van der Waals surface area (Å²) in [6.45, 7) is 0.625. The van der Waals surface area contributed by atoms with E-state index in [0.29, 0.717) is 6.61 Å². The first kappa shape index (κ1) is 12.2. The largest absolute Gasteiger partial charge is 0.489 e. The van der Waals surface area contributed by atoms with Crippen molar-refractivity contribution in [2.45, 2.75) is 13.0 Å². The molecule has 0 saturated heterocycles. The molecule has 17 heavy (non-hydrogen) atoms. The minimum Gasteiger partial charge on any atom is -0.489 e. The van der Waals surface area contributed by atoms with Crippen LogP contribution in [0, 0.1) is 0 Å². The fraction of sp³-hybridized carbons (Fsp3) is 0.200. The summed E-state index contributed by atoms with van der Waals surface area (Å²) < 4.78 is 5.71. The molecule has 2 heteroatoms. The van der Waals surface area contributed by atoms with E-state index < -0.39 is 0 Å². The highest BCUT2D eigenvalue weighted by Gasteiger charge is 1.97. The van der Waals surface area contributed by atoms with Gasteiger partial charge in [-0.25, -0.2) is 0 Å². The summed E-state index contributed by atoms with van der Waals surface area (Å²) in [5.74, 6) is 0.915. The Morgan fingerprint density at radius 1 is 0.882 bits per heavy atom. The zero-order valence-electron chi connectivity index (χ0n) is 9.60. The first-order chi connectivity index (χ1) is 8.38. The standard InChI is InChI=1S/C15H15BrO/c16-10-9-13-5-4-6-14(11-13)12-17-15-7-2-1-3-8-15/h1-8,11H,9-10,12H2. The molecule has 0 aliphatic carbocycles. The van der Waals surface area contributed by atoms with E-state index in [1.165, 1.54) is 11.1 Å². The Bertz CT molecular complexity index is 453. The van der Waals surface area contributed by atoms with Gasteiger partial charge in [0.1, 0.15) is 12.4 Å². The maximum atomic E-state index is 5.71. The Kier molecular flexibility index (Phi) is 4.63. The Morgan fingerprint density at radius 2 is 1.65 bits per heavy atom. The predicted molar refractivity (Wildman–Crippen MR) is 74.7 cm³/mol. The summed E-state index contributed by atoms with van der Waals surface area (Å²) >= 11 is 3.46. The van der Waals surface area contributed by atoms with Crippen molar-refractivity contribution in [3.8, 4) is 5.75 Å². The number of rotatable bonds is 5. The van der Waals surface area contributed by atoms with Gasteiger partial charge in [0.15, 0.2) is 0 Å². The van der Waals surface area contributed by atoms with Gasteiger partial charge in [-0.2, -0.15) is 0 Å². The number of aryl methyl sites for hydroxylation is 1. The third kappa shape index (κ3) is 3.90. The van der Waals surface area contributed by atoms with Gasteiger partial charge in [0, 0.05) is 5.33 Å². The van der Waals surface area contributed by atoms with E-state index in [9.17, 15) is 0 Å². The molecular formula is C15H15BrO. The van der Waals surface area contributed by atoms with Crippen LogP contribution in [0.3, 0.4) is 0 Å². The fourth-order valence-electron chi connectivity index (χ4n) is 1.67. The first-order valence-corrected chi connectivity index (χ1v) is 6.82. The molecule has 0 aliphatic rings. The van der Waals surface area contributed by atoms with Crippen LogP contribution in [-0.4, -0.2) is 5.33 Å². The third-order valence-electron chi connectivity index (χ3n) is 2.52. The van der Waals surface area contributed by atoms with E-state index in [-0.39, 0.29) is 0 Å². The molecule has 88 valence electrons. The van der Waals surface area contributed by atoms with Gasteiger partial charge in [0.2, 0.25) is 0 Å². The minimum absolute atomic E-state index is 0.625. The van der Waals surface area contributed by atoms with E-state index in [1.54, 1.807) is 0 Å². The molecule has 0 radical (unpaired) electrons. The molecule has 0 aliphatic heterocycles. The fourth-order valence-corrected chi connectivity index (χ4v) is 2.13. The summed E-state index contributed by atoms with van der Waals surface area (Å²) in [6, 6.07) is 18.4. The number of alkyl halides is 1. The average Bonchev–Trinajstić information content (AvgIpc) is 2.39. The Labute approximate surface area is 111 Å². The normalized spacial score (nSPS) is 10.2. The second kappa shape index (κ2) is 6.45. The quantitative estimate of drug-likeness (QED) is 0.750. The SMILES string of the molecule is BrCCc1cccc(COc2ccccc2)c1. The van der Waals surface area contributed by atoms with Crippen molar-refractivity contribution in [2.24, 2.45) is 0 Å². The summed E-state index contributed by atoms with van der Waals surface area (Å²) in [5, 5.41) is 0.996. The van der Waals surface area contributed by atoms with Crippen LogP contribution >= 0.6 is 15.9 Å². The van der Waals surface area contributed by atoms with Crippen LogP contribution in [0.15, 0.2) is 54.6 Å². The highest BCUT2D eigenvalue weighted by molar-refractivity contribution is 9.09. The van der Waals surface area contributed by atoms with Gasteiger partial charge in [-0.15, -0.1) is 0 Å². The number of para-hydroxylation sites is 1.